The Morgan fingerprint density at radius 2 is 2.21 bits per heavy atom. The summed E-state index contributed by atoms with van der Waals surface area (Å²) in [6, 6.07) is -0.710. The number of nitrogens with one attached hydrogen (secondary N) is 2. The van der Waals surface area contributed by atoms with Crippen LogP contribution in [0.4, 0.5) is 13.6 Å². The predicted molar refractivity (Wildman–Crippen MR) is 45.2 cm³/mol. The molecule has 2 N–H and O–H groups in total. The van der Waals surface area contributed by atoms with E-state index in [0.717, 1.165) is 6.92 Å². The fourth-order valence-electron chi connectivity index (χ4n) is 1.46. The maximum absolute atomic E-state index is 12.7. The number of carbonyl (C=O) groups is 2. The average Bonchev–Trinajstić information content (AvgIpc) is 2.27. The number of alkyl halides is 2. The molecule has 1 aliphatic rings. The van der Waals surface area contributed by atoms with Crippen LogP contribution in [-0.2, 0) is 4.79 Å². The summed E-state index contributed by atoms with van der Waals surface area (Å²) >= 11 is 0. The topological polar surface area (TPSA) is 58.2 Å². The van der Waals surface area contributed by atoms with Crippen LogP contribution in [0.5, 0.6) is 0 Å². The summed E-state index contributed by atoms with van der Waals surface area (Å²) in [5.41, 5.74) is -2.00. The molecule has 0 spiro atoms. The van der Waals surface area contributed by atoms with Crippen molar-refractivity contribution in [3.05, 3.63) is 0 Å². The zero-order chi connectivity index (χ0) is 10.8. The van der Waals surface area contributed by atoms with E-state index in [1.165, 1.54) is 0 Å². The minimum Gasteiger partial charge on any atom is -0.338 e. The lowest BCUT2D eigenvalue weighted by Crippen LogP contribution is -2.59. The lowest BCUT2D eigenvalue weighted by Gasteiger charge is -2.29. The third kappa shape index (κ3) is 1.83. The Labute approximate surface area is 80.0 Å². The summed E-state index contributed by atoms with van der Waals surface area (Å²) in [7, 11) is 0. The molecule has 4 nitrogen and oxygen atoms in total. The lowest BCUT2D eigenvalue weighted by atomic mass is 9.90. The molecule has 1 fully saturated rings. The molecule has 80 valence electrons. The van der Waals surface area contributed by atoms with Gasteiger partial charge < -0.3 is 10.6 Å². The van der Waals surface area contributed by atoms with E-state index in [4.69, 9.17) is 0 Å². The molecule has 14 heavy (non-hydrogen) atoms. The number of amides is 2. The van der Waals surface area contributed by atoms with Crippen molar-refractivity contribution in [3.8, 4) is 0 Å². The first-order valence-corrected chi connectivity index (χ1v) is 4.34. The van der Waals surface area contributed by atoms with Gasteiger partial charge in [-0.3, -0.25) is 4.79 Å². The van der Waals surface area contributed by atoms with E-state index in [2.05, 4.69) is 5.32 Å². The van der Waals surface area contributed by atoms with Crippen LogP contribution in [0, 0.1) is 0 Å². The monoisotopic (exact) mass is 206 g/mol. The third-order valence-corrected chi connectivity index (χ3v) is 2.37. The normalized spacial score (nSPS) is 27.9. The van der Waals surface area contributed by atoms with Crippen molar-refractivity contribution in [3.63, 3.8) is 0 Å². The number of halogens is 2. The van der Waals surface area contributed by atoms with Crippen LogP contribution in [0.25, 0.3) is 0 Å². The molecule has 0 aromatic carbocycles. The molecule has 0 aliphatic carbocycles. The van der Waals surface area contributed by atoms with E-state index in [0.29, 0.717) is 13.0 Å². The lowest BCUT2D eigenvalue weighted by molar-refractivity contribution is -0.129. The predicted octanol–water partition coefficient (Wildman–Crippen LogP) is 0.672. The fraction of sp³-hybridized carbons (Fsp3) is 0.750. The Morgan fingerprint density at radius 1 is 1.57 bits per heavy atom. The Bertz CT molecular complexity index is 258. The van der Waals surface area contributed by atoms with Gasteiger partial charge in [0.1, 0.15) is 0 Å². The van der Waals surface area contributed by atoms with Crippen molar-refractivity contribution in [2.75, 3.05) is 6.54 Å². The molecule has 2 amide bonds. The molecule has 0 aromatic heterocycles. The van der Waals surface area contributed by atoms with E-state index in [-0.39, 0.29) is 6.42 Å². The summed E-state index contributed by atoms with van der Waals surface area (Å²) in [5, 5.41) is 4.42. The maximum atomic E-state index is 12.7. The smallest absolute Gasteiger partial charge is 0.315 e. The van der Waals surface area contributed by atoms with E-state index in [1.807, 2.05) is 5.32 Å². The second kappa shape index (κ2) is 3.89. The van der Waals surface area contributed by atoms with Crippen LogP contribution >= 0.6 is 0 Å². The van der Waals surface area contributed by atoms with Gasteiger partial charge in [0.05, 0.1) is 0 Å². The van der Waals surface area contributed by atoms with Crippen LogP contribution in [-0.4, -0.2) is 30.3 Å². The van der Waals surface area contributed by atoms with Gasteiger partial charge in [0.15, 0.2) is 11.3 Å². The van der Waals surface area contributed by atoms with Crippen molar-refractivity contribution in [2.24, 2.45) is 0 Å². The molecular formula is C8H12F2N2O2. The highest BCUT2D eigenvalue weighted by Crippen LogP contribution is 2.24. The molecule has 1 atom stereocenters. The van der Waals surface area contributed by atoms with Gasteiger partial charge in [-0.1, -0.05) is 0 Å². The van der Waals surface area contributed by atoms with Crippen LogP contribution in [0.1, 0.15) is 19.8 Å². The van der Waals surface area contributed by atoms with E-state index in [9.17, 15) is 18.4 Å². The number of carbonyl (C=O) groups excluding carboxylic acids is 2. The van der Waals surface area contributed by atoms with E-state index in [1.54, 1.807) is 0 Å². The molecule has 0 radical (unpaired) electrons. The van der Waals surface area contributed by atoms with Crippen LogP contribution in [0.2, 0.25) is 0 Å². The standard InChI is InChI=1S/C8H12F2N2O2/c1-5(13)8(6(9)10)3-2-4-11-7(14)12-8/h6H,2-4H2,1H3,(H2,11,12,14). The SMILES string of the molecule is CC(=O)C1(C(F)F)CCCNC(=O)N1. The van der Waals surface area contributed by atoms with E-state index < -0.39 is 23.8 Å². The van der Waals surface area contributed by atoms with Crippen molar-refractivity contribution < 1.29 is 18.4 Å². The van der Waals surface area contributed by atoms with Crippen molar-refractivity contribution >= 4 is 11.8 Å². The van der Waals surface area contributed by atoms with E-state index >= 15 is 0 Å². The second-order valence-corrected chi connectivity index (χ2v) is 3.31. The highest BCUT2D eigenvalue weighted by Gasteiger charge is 2.46. The van der Waals surface area contributed by atoms with Gasteiger partial charge in [-0.05, 0) is 19.8 Å². The summed E-state index contributed by atoms with van der Waals surface area (Å²) in [6.07, 6.45) is -2.54. The van der Waals surface area contributed by atoms with Crippen LogP contribution in [0.15, 0.2) is 0 Å². The van der Waals surface area contributed by atoms with Crippen LogP contribution < -0.4 is 10.6 Å². The molecular weight excluding hydrogens is 194 g/mol. The fourth-order valence-corrected chi connectivity index (χ4v) is 1.46. The largest absolute Gasteiger partial charge is 0.338 e. The number of hydrogen-bond acceptors (Lipinski definition) is 2. The molecule has 6 heteroatoms. The zero-order valence-electron chi connectivity index (χ0n) is 7.77. The maximum Gasteiger partial charge on any atom is 0.315 e. The quantitative estimate of drug-likeness (QED) is 0.697. The number of rotatable bonds is 2. The molecule has 0 bridgehead atoms. The van der Waals surface area contributed by atoms with Gasteiger partial charge in [0, 0.05) is 6.54 Å². The van der Waals surface area contributed by atoms with Gasteiger partial charge in [0.25, 0.3) is 6.43 Å². The third-order valence-electron chi connectivity index (χ3n) is 2.37. The molecule has 1 unspecified atom stereocenters. The number of Topliss-reactive ketones (excluding diaryl/α,β-unsaturated/α-hetero) is 1. The summed E-state index contributed by atoms with van der Waals surface area (Å²) < 4.78 is 25.4. The Morgan fingerprint density at radius 3 is 2.71 bits per heavy atom. The van der Waals surface area contributed by atoms with Gasteiger partial charge in [-0.25, -0.2) is 13.6 Å². The number of hydrogen-bond donors (Lipinski definition) is 2. The summed E-state index contributed by atoms with van der Waals surface area (Å²) in [6.45, 7) is 1.38. The first kappa shape index (κ1) is 10.9. The molecule has 0 saturated carbocycles. The summed E-state index contributed by atoms with van der Waals surface area (Å²) in [4.78, 5) is 22.1. The molecule has 1 saturated heterocycles. The van der Waals surface area contributed by atoms with Gasteiger partial charge in [-0.2, -0.15) is 0 Å². The molecule has 0 aromatic rings. The number of ketones is 1. The van der Waals surface area contributed by atoms with Gasteiger partial charge >= 0.3 is 6.03 Å². The first-order chi connectivity index (χ1) is 6.49. The summed E-state index contributed by atoms with van der Waals surface area (Å²) in [5.74, 6) is -0.704. The van der Waals surface area contributed by atoms with Gasteiger partial charge in [-0.15, -0.1) is 0 Å². The minimum absolute atomic E-state index is 0.0290. The zero-order valence-corrected chi connectivity index (χ0v) is 7.77. The van der Waals surface area contributed by atoms with Crippen molar-refractivity contribution in [2.45, 2.75) is 31.7 Å². The molecule has 1 aliphatic heterocycles. The van der Waals surface area contributed by atoms with Crippen molar-refractivity contribution in [1.82, 2.24) is 10.6 Å². The first-order valence-electron chi connectivity index (χ1n) is 4.34. The van der Waals surface area contributed by atoms with Gasteiger partial charge in [0.2, 0.25) is 0 Å². The Balaban J connectivity index is 2.94. The minimum atomic E-state index is -2.87. The molecule has 1 heterocycles. The van der Waals surface area contributed by atoms with Crippen LogP contribution in [0.3, 0.4) is 0 Å². The molecule has 1 rings (SSSR count). The number of urea groups is 1. The Kier molecular flexibility index (Phi) is 3.03. The second-order valence-electron chi connectivity index (χ2n) is 3.31. The highest BCUT2D eigenvalue weighted by molar-refractivity contribution is 5.91. The highest BCUT2D eigenvalue weighted by atomic mass is 19.3. The Hall–Kier alpha value is -1.20. The average molecular weight is 206 g/mol. The van der Waals surface area contributed by atoms with Crippen molar-refractivity contribution in [1.29, 1.82) is 0 Å².